The van der Waals surface area contributed by atoms with E-state index in [2.05, 4.69) is 48.1 Å². The van der Waals surface area contributed by atoms with Gasteiger partial charge in [-0.05, 0) is 38.0 Å². The van der Waals surface area contributed by atoms with E-state index >= 15 is 0 Å². The summed E-state index contributed by atoms with van der Waals surface area (Å²) in [5.41, 5.74) is 3.91. The third-order valence-corrected chi connectivity index (χ3v) is 5.64. The topological polar surface area (TPSA) is 27.1 Å². The summed E-state index contributed by atoms with van der Waals surface area (Å²) in [6.45, 7) is 3.96. The van der Waals surface area contributed by atoms with Gasteiger partial charge in [0.15, 0.2) is 0 Å². The molecule has 2 heterocycles. The number of aromatic nitrogens is 2. The summed E-state index contributed by atoms with van der Waals surface area (Å²) in [6.07, 6.45) is 6.32. The molecule has 0 N–H and O–H groups in total. The Morgan fingerprint density at radius 1 is 1.18 bits per heavy atom. The number of ether oxygens (including phenoxy) is 1. The lowest BCUT2D eigenvalue weighted by molar-refractivity contribution is -0.0534. The predicted octanol–water partition coefficient (Wildman–Crippen LogP) is 3.81. The van der Waals surface area contributed by atoms with Crippen LogP contribution in [0.2, 0.25) is 0 Å². The van der Waals surface area contributed by atoms with Gasteiger partial charge in [-0.1, -0.05) is 30.3 Å². The van der Waals surface area contributed by atoms with Crippen LogP contribution < -0.4 is 0 Å². The first kappa shape index (κ1) is 12.9. The highest BCUT2D eigenvalue weighted by Crippen LogP contribution is 2.58. The second-order valence-corrected chi connectivity index (χ2v) is 7.57. The van der Waals surface area contributed by atoms with Crippen molar-refractivity contribution >= 4 is 0 Å². The monoisotopic (exact) mass is 294 g/mol. The second kappa shape index (κ2) is 4.45. The molecule has 1 aromatic carbocycles. The van der Waals surface area contributed by atoms with Crippen molar-refractivity contribution in [3.8, 4) is 11.3 Å². The van der Waals surface area contributed by atoms with E-state index in [4.69, 9.17) is 9.72 Å². The Morgan fingerprint density at radius 2 is 1.95 bits per heavy atom. The maximum Gasteiger partial charge on any atom is 0.0958 e. The van der Waals surface area contributed by atoms with Gasteiger partial charge in [0.25, 0.3) is 0 Å². The molecule has 3 fully saturated rings. The molecule has 22 heavy (non-hydrogen) atoms. The molecule has 2 aliphatic carbocycles. The highest BCUT2D eigenvalue weighted by molar-refractivity contribution is 5.64. The zero-order valence-corrected chi connectivity index (χ0v) is 13.0. The molecule has 2 saturated carbocycles. The van der Waals surface area contributed by atoms with Crippen LogP contribution in [0.5, 0.6) is 0 Å². The van der Waals surface area contributed by atoms with Gasteiger partial charge >= 0.3 is 0 Å². The Kier molecular flexibility index (Phi) is 2.61. The van der Waals surface area contributed by atoms with Gasteiger partial charge in [0.2, 0.25) is 0 Å². The maximum atomic E-state index is 5.55. The van der Waals surface area contributed by atoms with Crippen LogP contribution in [0.3, 0.4) is 0 Å². The first-order valence-electron chi connectivity index (χ1n) is 8.47. The normalized spacial score (nSPS) is 29.1. The van der Waals surface area contributed by atoms with Gasteiger partial charge in [-0.3, -0.25) is 0 Å². The average molecular weight is 294 g/mol. The molecule has 114 valence electrons. The Balaban J connectivity index is 1.59. The standard InChI is InChI=1S/C19H22N2O/c1-19(10-22-11-19)18-17(14-5-3-2-4-6-14)20-12-21(18)16-9-15(16)13-7-8-13/h2-6,12-13,15-16H,7-11H2,1H3/t15-,16+/m0/s1. The fourth-order valence-electron chi connectivity index (χ4n) is 4.11. The van der Waals surface area contributed by atoms with Crippen molar-refractivity contribution in [2.75, 3.05) is 13.2 Å². The minimum Gasteiger partial charge on any atom is -0.379 e. The molecule has 1 saturated heterocycles. The maximum absolute atomic E-state index is 5.55. The molecule has 0 unspecified atom stereocenters. The molecule has 5 rings (SSSR count). The van der Waals surface area contributed by atoms with Gasteiger partial charge in [0.1, 0.15) is 0 Å². The molecule has 2 atom stereocenters. The van der Waals surface area contributed by atoms with E-state index in [1.807, 2.05) is 0 Å². The van der Waals surface area contributed by atoms with Crippen LogP contribution in [0.25, 0.3) is 11.3 Å². The van der Waals surface area contributed by atoms with E-state index in [1.165, 1.54) is 30.5 Å². The van der Waals surface area contributed by atoms with Crippen LogP contribution >= 0.6 is 0 Å². The van der Waals surface area contributed by atoms with Gasteiger partial charge in [0.05, 0.1) is 36.3 Å². The molecule has 0 spiro atoms. The second-order valence-electron chi connectivity index (χ2n) is 7.57. The van der Waals surface area contributed by atoms with Crippen LogP contribution in [0.1, 0.15) is 37.9 Å². The van der Waals surface area contributed by atoms with E-state index in [0.29, 0.717) is 6.04 Å². The zero-order chi connectivity index (χ0) is 14.7. The minimum atomic E-state index is 0.123. The summed E-state index contributed by atoms with van der Waals surface area (Å²) < 4.78 is 8.05. The summed E-state index contributed by atoms with van der Waals surface area (Å²) >= 11 is 0. The lowest BCUT2D eigenvalue weighted by Crippen LogP contribution is -2.45. The van der Waals surface area contributed by atoms with Crippen LogP contribution in [0, 0.1) is 11.8 Å². The van der Waals surface area contributed by atoms with Crippen molar-refractivity contribution in [1.29, 1.82) is 0 Å². The third-order valence-electron chi connectivity index (χ3n) is 5.64. The number of hydrogen-bond acceptors (Lipinski definition) is 2. The highest BCUT2D eigenvalue weighted by atomic mass is 16.5. The molecule has 3 aliphatic rings. The summed E-state index contributed by atoms with van der Waals surface area (Å²) in [5, 5.41) is 0. The first-order chi connectivity index (χ1) is 10.8. The Hall–Kier alpha value is -1.61. The molecule has 3 heteroatoms. The Morgan fingerprint density at radius 3 is 2.59 bits per heavy atom. The van der Waals surface area contributed by atoms with E-state index in [-0.39, 0.29) is 5.41 Å². The lowest BCUT2D eigenvalue weighted by Gasteiger charge is -2.39. The van der Waals surface area contributed by atoms with E-state index in [9.17, 15) is 0 Å². The van der Waals surface area contributed by atoms with Crippen molar-refractivity contribution in [3.05, 3.63) is 42.4 Å². The van der Waals surface area contributed by atoms with Gasteiger partial charge in [-0.2, -0.15) is 0 Å². The van der Waals surface area contributed by atoms with Crippen molar-refractivity contribution in [3.63, 3.8) is 0 Å². The fraction of sp³-hybridized carbons (Fsp3) is 0.526. The minimum absolute atomic E-state index is 0.123. The number of benzene rings is 1. The fourth-order valence-corrected chi connectivity index (χ4v) is 4.11. The molecular weight excluding hydrogens is 272 g/mol. The predicted molar refractivity (Wildman–Crippen MR) is 85.7 cm³/mol. The summed E-state index contributed by atoms with van der Waals surface area (Å²) in [5.74, 6) is 1.90. The Labute approximate surface area is 131 Å². The van der Waals surface area contributed by atoms with Gasteiger partial charge in [-0.25, -0.2) is 4.98 Å². The lowest BCUT2D eigenvalue weighted by atomic mass is 9.82. The molecule has 0 radical (unpaired) electrons. The third kappa shape index (κ3) is 1.88. The first-order valence-corrected chi connectivity index (χ1v) is 8.47. The van der Waals surface area contributed by atoms with E-state index in [0.717, 1.165) is 30.7 Å². The van der Waals surface area contributed by atoms with Crippen LogP contribution in [0.4, 0.5) is 0 Å². The van der Waals surface area contributed by atoms with Crippen LogP contribution in [-0.2, 0) is 10.2 Å². The molecule has 0 bridgehead atoms. The van der Waals surface area contributed by atoms with Crippen LogP contribution in [-0.4, -0.2) is 22.8 Å². The highest BCUT2D eigenvalue weighted by Gasteiger charge is 2.51. The molecule has 1 aliphatic heterocycles. The summed E-state index contributed by atoms with van der Waals surface area (Å²) in [7, 11) is 0. The number of imidazole rings is 1. The molecule has 2 aromatic rings. The molecule has 0 amide bonds. The molecular formula is C19H22N2O. The van der Waals surface area contributed by atoms with Crippen molar-refractivity contribution in [2.45, 2.75) is 37.6 Å². The largest absolute Gasteiger partial charge is 0.379 e. The summed E-state index contributed by atoms with van der Waals surface area (Å²) in [6, 6.07) is 11.3. The quantitative estimate of drug-likeness (QED) is 0.857. The van der Waals surface area contributed by atoms with Crippen molar-refractivity contribution < 1.29 is 4.74 Å². The van der Waals surface area contributed by atoms with E-state index in [1.54, 1.807) is 0 Å². The SMILES string of the molecule is CC1(c2c(-c3ccccc3)ncn2[C@@H]2C[C@H]2C2CC2)COC1. The molecule has 1 aromatic heterocycles. The number of nitrogens with zero attached hydrogens (tertiary/aromatic N) is 2. The van der Waals surface area contributed by atoms with Gasteiger partial charge in [0, 0.05) is 11.6 Å². The van der Waals surface area contributed by atoms with Crippen molar-refractivity contribution in [2.24, 2.45) is 11.8 Å². The Bertz CT molecular complexity index is 697. The van der Waals surface area contributed by atoms with Crippen molar-refractivity contribution in [1.82, 2.24) is 9.55 Å². The zero-order valence-electron chi connectivity index (χ0n) is 13.0. The number of hydrogen-bond donors (Lipinski definition) is 0. The smallest absolute Gasteiger partial charge is 0.0958 e. The average Bonchev–Trinajstić information content (AvgIpc) is 3.42. The van der Waals surface area contributed by atoms with E-state index < -0.39 is 0 Å². The van der Waals surface area contributed by atoms with Crippen LogP contribution in [0.15, 0.2) is 36.7 Å². The van der Waals surface area contributed by atoms with Gasteiger partial charge in [-0.15, -0.1) is 0 Å². The summed E-state index contributed by atoms with van der Waals surface area (Å²) in [4.78, 5) is 4.82. The number of rotatable bonds is 4. The molecule has 3 nitrogen and oxygen atoms in total. The van der Waals surface area contributed by atoms with Gasteiger partial charge < -0.3 is 9.30 Å².